The molecule has 0 saturated carbocycles. The number of ether oxygens (including phenoxy) is 1. The molecule has 0 atom stereocenters. The molecule has 2 aromatic heterocycles. The van der Waals surface area contributed by atoms with Crippen molar-refractivity contribution in [3.05, 3.63) is 59.5 Å². The SMILES string of the molecule is COc1cccc(CC(=O)Nc2nc(-c3nc4ccccc4s3)cs2)c1. The Morgan fingerprint density at radius 2 is 2.04 bits per heavy atom. The monoisotopic (exact) mass is 381 g/mol. The van der Waals surface area contributed by atoms with Crippen molar-refractivity contribution in [2.75, 3.05) is 12.4 Å². The first-order chi connectivity index (χ1) is 12.7. The number of hydrogen-bond donors (Lipinski definition) is 1. The van der Waals surface area contributed by atoms with Gasteiger partial charge in [-0.05, 0) is 29.8 Å². The van der Waals surface area contributed by atoms with Crippen LogP contribution >= 0.6 is 22.7 Å². The third-order valence-electron chi connectivity index (χ3n) is 3.76. The molecule has 0 saturated heterocycles. The van der Waals surface area contributed by atoms with Crippen molar-refractivity contribution < 1.29 is 9.53 Å². The van der Waals surface area contributed by atoms with E-state index in [1.54, 1.807) is 18.4 Å². The highest BCUT2D eigenvalue weighted by Crippen LogP contribution is 2.31. The molecule has 2 heterocycles. The van der Waals surface area contributed by atoms with Crippen LogP contribution in [0.25, 0.3) is 20.9 Å². The number of anilines is 1. The van der Waals surface area contributed by atoms with E-state index in [1.807, 2.05) is 53.9 Å². The highest BCUT2D eigenvalue weighted by Gasteiger charge is 2.12. The molecule has 4 aromatic rings. The Bertz CT molecular complexity index is 1040. The molecular weight excluding hydrogens is 366 g/mol. The van der Waals surface area contributed by atoms with Gasteiger partial charge in [-0.3, -0.25) is 4.79 Å². The number of hydrogen-bond acceptors (Lipinski definition) is 6. The summed E-state index contributed by atoms with van der Waals surface area (Å²) in [5.74, 6) is 0.631. The van der Waals surface area contributed by atoms with E-state index in [2.05, 4.69) is 15.3 Å². The normalized spacial score (nSPS) is 10.8. The fourth-order valence-corrected chi connectivity index (χ4v) is 4.25. The number of rotatable bonds is 5. The molecule has 5 nitrogen and oxygen atoms in total. The van der Waals surface area contributed by atoms with Crippen molar-refractivity contribution in [3.8, 4) is 16.5 Å². The molecule has 1 amide bonds. The van der Waals surface area contributed by atoms with Crippen LogP contribution in [0.4, 0.5) is 5.13 Å². The lowest BCUT2D eigenvalue weighted by atomic mass is 10.1. The first-order valence-electron chi connectivity index (χ1n) is 7.95. The Morgan fingerprint density at radius 3 is 2.88 bits per heavy atom. The number of fused-ring (bicyclic) bond motifs is 1. The van der Waals surface area contributed by atoms with E-state index >= 15 is 0 Å². The summed E-state index contributed by atoms with van der Waals surface area (Å²) in [4.78, 5) is 21.4. The van der Waals surface area contributed by atoms with Gasteiger partial charge in [-0.1, -0.05) is 24.3 Å². The van der Waals surface area contributed by atoms with Crippen LogP contribution in [0.3, 0.4) is 0 Å². The lowest BCUT2D eigenvalue weighted by Crippen LogP contribution is -2.14. The quantitative estimate of drug-likeness (QED) is 0.548. The number of carbonyl (C=O) groups is 1. The van der Waals surface area contributed by atoms with Crippen LogP contribution in [0.2, 0.25) is 0 Å². The number of aromatic nitrogens is 2. The lowest BCUT2D eigenvalue weighted by molar-refractivity contribution is -0.115. The summed E-state index contributed by atoms with van der Waals surface area (Å²) in [6.45, 7) is 0. The van der Waals surface area contributed by atoms with Crippen molar-refractivity contribution in [1.29, 1.82) is 0 Å². The van der Waals surface area contributed by atoms with Crippen LogP contribution < -0.4 is 10.1 Å². The third-order valence-corrected chi connectivity index (χ3v) is 5.58. The number of nitrogens with zero attached hydrogens (tertiary/aromatic N) is 2. The van der Waals surface area contributed by atoms with Gasteiger partial charge < -0.3 is 10.1 Å². The number of nitrogens with one attached hydrogen (secondary N) is 1. The van der Waals surface area contributed by atoms with Gasteiger partial charge in [0, 0.05) is 5.38 Å². The second-order valence-corrected chi connectivity index (χ2v) is 7.49. The molecule has 0 aliphatic rings. The van der Waals surface area contributed by atoms with Crippen LogP contribution in [0.1, 0.15) is 5.56 Å². The molecule has 0 unspecified atom stereocenters. The van der Waals surface area contributed by atoms with Gasteiger partial charge in [0.05, 0.1) is 23.7 Å². The maximum atomic E-state index is 12.3. The van der Waals surface area contributed by atoms with E-state index in [-0.39, 0.29) is 12.3 Å². The molecule has 1 N–H and O–H groups in total. The smallest absolute Gasteiger partial charge is 0.230 e. The van der Waals surface area contributed by atoms with Crippen molar-refractivity contribution >= 4 is 43.9 Å². The summed E-state index contributed by atoms with van der Waals surface area (Å²) >= 11 is 3.00. The van der Waals surface area contributed by atoms with E-state index < -0.39 is 0 Å². The van der Waals surface area contributed by atoms with Crippen molar-refractivity contribution in [3.63, 3.8) is 0 Å². The molecule has 0 radical (unpaired) electrons. The Morgan fingerprint density at radius 1 is 1.15 bits per heavy atom. The van der Waals surface area contributed by atoms with Crippen LogP contribution in [-0.4, -0.2) is 23.0 Å². The molecule has 0 aliphatic carbocycles. The largest absolute Gasteiger partial charge is 0.497 e. The van der Waals surface area contributed by atoms with Crippen LogP contribution in [0, 0.1) is 0 Å². The molecule has 0 bridgehead atoms. The molecule has 26 heavy (non-hydrogen) atoms. The van der Waals surface area contributed by atoms with Crippen LogP contribution in [0.5, 0.6) is 5.75 Å². The standard InChI is InChI=1S/C19H15N3O2S2/c1-24-13-6-4-5-12(9-13)10-17(23)22-19-21-15(11-25-19)18-20-14-7-2-3-8-16(14)26-18/h2-9,11H,10H2,1H3,(H,21,22,23). The highest BCUT2D eigenvalue weighted by molar-refractivity contribution is 7.22. The summed E-state index contributed by atoms with van der Waals surface area (Å²) in [5, 5.41) is 6.21. The number of benzene rings is 2. The predicted octanol–water partition coefficient (Wildman–Crippen LogP) is 4.61. The fourth-order valence-electron chi connectivity index (χ4n) is 2.54. The fraction of sp³-hybridized carbons (Fsp3) is 0.105. The minimum atomic E-state index is -0.108. The van der Waals surface area contributed by atoms with Gasteiger partial charge in [-0.15, -0.1) is 22.7 Å². The summed E-state index contributed by atoms with van der Waals surface area (Å²) < 4.78 is 6.31. The predicted molar refractivity (Wildman–Crippen MR) is 106 cm³/mol. The van der Waals surface area contributed by atoms with Crippen molar-refractivity contribution in [2.45, 2.75) is 6.42 Å². The van der Waals surface area contributed by atoms with Gasteiger partial charge in [-0.25, -0.2) is 9.97 Å². The van der Waals surface area contributed by atoms with Gasteiger partial charge in [0.2, 0.25) is 5.91 Å². The van der Waals surface area contributed by atoms with Crippen molar-refractivity contribution in [1.82, 2.24) is 9.97 Å². The minimum absolute atomic E-state index is 0.108. The molecule has 0 spiro atoms. The number of thiazole rings is 2. The molecule has 7 heteroatoms. The van der Waals surface area contributed by atoms with E-state index in [1.165, 1.54) is 11.3 Å². The summed E-state index contributed by atoms with van der Waals surface area (Å²) in [5.41, 5.74) is 2.64. The molecule has 0 fully saturated rings. The van der Waals surface area contributed by atoms with E-state index in [0.29, 0.717) is 5.13 Å². The van der Waals surface area contributed by atoms with E-state index in [4.69, 9.17) is 4.74 Å². The Hall–Kier alpha value is -2.77. The molecular formula is C19H15N3O2S2. The van der Waals surface area contributed by atoms with Gasteiger partial charge in [0.15, 0.2) is 5.13 Å². The zero-order valence-corrected chi connectivity index (χ0v) is 15.6. The van der Waals surface area contributed by atoms with Gasteiger partial charge in [0.1, 0.15) is 16.5 Å². The minimum Gasteiger partial charge on any atom is -0.497 e. The van der Waals surface area contributed by atoms with Gasteiger partial charge in [0.25, 0.3) is 0 Å². The first-order valence-corrected chi connectivity index (χ1v) is 9.65. The number of carbonyl (C=O) groups excluding carboxylic acids is 1. The Kier molecular flexibility index (Phi) is 4.64. The lowest BCUT2D eigenvalue weighted by Gasteiger charge is -2.04. The third kappa shape index (κ3) is 3.58. The van der Waals surface area contributed by atoms with Crippen LogP contribution in [-0.2, 0) is 11.2 Å². The average Bonchev–Trinajstić information content (AvgIpc) is 3.28. The zero-order chi connectivity index (χ0) is 17.9. The zero-order valence-electron chi connectivity index (χ0n) is 13.9. The number of amides is 1. The second-order valence-electron chi connectivity index (χ2n) is 5.60. The van der Waals surface area contributed by atoms with E-state index in [0.717, 1.165) is 32.2 Å². The Balaban J connectivity index is 1.46. The van der Waals surface area contributed by atoms with Crippen LogP contribution in [0.15, 0.2) is 53.9 Å². The van der Waals surface area contributed by atoms with Gasteiger partial charge >= 0.3 is 0 Å². The molecule has 0 aliphatic heterocycles. The maximum Gasteiger partial charge on any atom is 0.230 e. The average molecular weight is 381 g/mol. The van der Waals surface area contributed by atoms with E-state index in [9.17, 15) is 4.79 Å². The summed E-state index contributed by atoms with van der Waals surface area (Å²) in [7, 11) is 1.61. The Labute approximate surface area is 158 Å². The topological polar surface area (TPSA) is 64.1 Å². The summed E-state index contributed by atoms with van der Waals surface area (Å²) in [6.07, 6.45) is 0.271. The van der Waals surface area contributed by atoms with Gasteiger partial charge in [-0.2, -0.15) is 0 Å². The number of para-hydroxylation sites is 1. The second kappa shape index (κ2) is 7.23. The molecule has 2 aromatic carbocycles. The highest BCUT2D eigenvalue weighted by atomic mass is 32.1. The summed E-state index contributed by atoms with van der Waals surface area (Å²) in [6, 6.07) is 15.5. The maximum absolute atomic E-state index is 12.3. The van der Waals surface area contributed by atoms with Crippen molar-refractivity contribution in [2.24, 2.45) is 0 Å². The first kappa shape index (κ1) is 16.7. The molecule has 4 rings (SSSR count). The molecule has 130 valence electrons. The number of methoxy groups -OCH3 is 1.